The lowest BCUT2D eigenvalue weighted by molar-refractivity contribution is -0.169. The molecular formula is C8H14N2O6P+. The van der Waals surface area contributed by atoms with Crippen LogP contribution in [0.15, 0.2) is 0 Å². The van der Waals surface area contributed by atoms with Gasteiger partial charge in [-0.1, -0.05) is 12.8 Å². The first-order chi connectivity index (χ1) is 7.98. The average molecular weight is 265 g/mol. The van der Waals surface area contributed by atoms with Crippen molar-refractivity contribution in [3.63, 3.8) is 0 Å². The van der Waals surface area contributed by atoms with Crippen molar-refractivity contribution in [1.29, 1.82) is 0 Å². The van der Waals surface area contributed by atoms with Gasteiger partial charge in [-0.3, -0.25) is 0 Å². The van der Waals surface area contributed by atoms with Gasteiger partial charge >= 0.3 is 20.0 Å². The Morgan fingerprint density at radius 1 is 1.12 bits per heavy atom. The summed E-state index contributed by atoms with van der Waals surface area (Å²) in [5.74, 6) is -2.72. The molecule has 2 atom stereocenters. The maximum atomic E-state index is 11.1. The highest BCUT2D eigenvalue weighted by molar-refractivity contribution is 7.58. The number of rotatable bonds is 0. The van der Waals surface area contributed by atoms with Crippen LogP contribution in [-0.2, 0) is 19.0 Å². The summed E-state index contributed by atoms with van der Waals surface area (Å²) in [5.41, 5.74) is 2.46. The molecule has 0 spiro atoms. The Labute approximate surface area is 97.9 Å². The van der Waals surface area contributed by atoms with E-state index in [1.807, 2.05) is 0 Å². The van der Waals surface area contributed by atoms with E-state index in [4.69, 9.17) is 0 Å². The zero-order valence-corrected chi connectivity index (χ0v) is 9.85. The summed E-state index contributed by atoms with van der Waals surface area (Å²) in [6.45, 7) is 0. The van der Waals surface area contributed by atoms with Gasteiger partial charge in [0, 0.05) is 0 Å². The lowest BCUT2D eigenvalue weighted by Gasteiger charge is -2.29. The monoisotopic (exact) mass is 265 g/mol. The van der Waals surface area contributed by atoms with Crippen LogP contribution < -0.4 is 10.6 Å². The third kappa shape index (κ3) is 3.11. The van der Waals surface area contributed by atoms with Crippen LogP contribution >= 0.6 is 8.09 Å². The fourth-order valence-electron chi connectivity index (χ4n) is 1.99. The second-order valence-electron chi connectivity index (χ2n) is 4.06. The summed E-state index contributed by atoms with van der Waals surface area (Å²) in [7, 11) is -4.06. The molecule has 1 unspecified atom stereocenters. The summed E-state index contributed by atoms with van der Waals surface area (Å²) >= 11 is 0. The van der Waals surface area contributed by atoms with Crippen molar-refractivity contribution in [2.24, 2.45) is 0 Å². The zero-order valence-electron chi connectivity index (χ0n) is 8.96. The Hall–Kier alpha value is -0.790. The molecule has 0 bridgehead atoms. The van der Waals surface area contributed by atoms with Crippen molar-refractivity contribution in [2.45, 2.75) is 37.8 Å². The minimum absolute atomic E-state index is 0.263. The van der Waals surface area contributed by atoms with Gasteiger partial charge < -0.3 is 4.84 Å². The van der Waals surface area contributed by atoms with E-state index in [0.29, 0.717) is 12.8 Å². The van der Waals surface area contributed by atoms with E-state index in [1.165, 1.54) is 0 Å². The first kappa shape index (κ1) is 12.7. The van der Waals surface area contributed by atoms with Crippen LogP contribution in [0.4, 0.5) is 0 Å². The molecular weight excluding hydrogens is 251 g/mol. The molecule has 1 heterocycles. The molecule has 17 heavy (non-hydrogen) atoms. The number of carbonyl (C=O) groups is 2. The summed E-state index contributed by atoms with van der Waals surface area (Å²) in [6.07, 6.45) is 3.23. The number of hydrogen-bond acceptors (Lipinski definition) is 8. The Morgan fingerprint density at radius 3 is 2.47 bits per heavy atom. The van der Waals surface area contributed by atoms with Crippen molar-refractivity contribution in [3.8, 4) is 0 Å². The molecule has 1 aliphatic carbocycles. The summed E-state index contributed by atoms with van der Waals surface area (Å²) in [5, 5.41) is 2.47. The molecule has 0 amide bonds. The van der Waals surface area contributed by atoms with Crippen LogP contribution in [-0.4, -0.2) is 33.8 Å². The Morgan fingerprint density at radius 2 is 1.76 bits per heavy atom. The van der Waals surface area contributed by atoms with Gasteiger partial charge in [0.25, 0.3) is 0 Å². The van der Waals surface area contributed by atoms with Gasteiger partial charge in [-0.25, -0.2) is 14.1 Å². The van der Waals surface area contributed by atoms with E-state index >= 15 is 0 Å². The molecule has 0 aromatic heterocycles. The van der Waals surface area contributed by atoms with Gasteiger partial charge in [-0.15, -0.1) is 10.6 Å². The number of hydroxylamine groups is 1. The van der Waals surface area contributed by atoms with E-state index in [1.54, 1.807) is 0 Å². The molecule has 4 N–H and O–H groups in total. The summed E-state index contributed by atoms with van der Waals surface area (Å²) < 4.78 is 4.28. The maximum absolute atomic E-state index is 11.1. The molecule has 2 aliphatic rings. The molecule has 2 rings (SSSR count). The second-order valence-corrected chi connectivity index (χ2v) is 5.59. The van der Waals surface area contributed by atoms with Crippen LogP contribution in [0.25, 0.3) is 0 Å². The third-order valence-electron chi connectivity index (χ3n) is 2.78. The van der Waals surface area contributed by atoms with E-state index in [9.17, 15) is 19.4 Å². The fourth-order valence-corrected chi connectivity index (χ4v) is 3.09. The quantitative estimate of drug-likeness (QED) is 0.330. The van der Waals surface area contributed by atoms with Crippen LogP contribution in [0.2, 0.25) is 0 Å². The van der Waals surface area contributed by atoms with Crippen LogP contribution in [0, 0.1) is 0 Å². The smallest absolute Gasteiger partial charge is 0.361 e. The minimum Gasteiger partial charge on any atom is -0.361 e. The molecule has 9 heteroatoms. The number of nitrogens with one attached hydrogen (secondary N) is 2. The van der Waals surface area contributed by atoms with Gasteiger partial charge in [-0.2, -0.15) is 9.79 Å². The topological polar surface area (TPSA) is 117 Å². The Kier molecular flexibility index (Phi) is 3.60. The molecule has 1 saturated carbocycles. The largest absolute Gasteiger partial charge is 0.545 e. The molecule has 0 radical (unpaired) electrons. The first-order valence-corrected chi connectivity index (χ1v) is 6.92. The molecule has 1 saturated heterocycles. The lowest BCUT2D eigenvalue weighted by atomic mass is 9.92. The second kappa shape index (κ2) is 4.83. The summed E-state index contributed by atoms with van der Waals surface area (Å²) in [4.78, 5) is 45.7. The standard InChI is InChI=1S/C8H14N2O6P/c11-7-8(12)16-17(13,14)10-6-4-2-1-3-5(6)9-15-7/h5-6,9-10,13-14H,1-4H2/q+1/t5?,6-/m0/s1. The molecule has 8 nitrogen and oxygen atoms in total. The minimum atomic E-state index is -4.06. The van der Waals surface area contributed by atoms with Crippen molar-refractivity contribution in [1.82, 2.24) is 10.6 Å². The first-order valence-electron chi connectivity index (χ1n) is 5.30. The summed E-state index contributed by atoms with van der Waals surface area (Å²) in [6, 6.07) is -0.577. The molecule has 2 fully saturated rings. The Bertz CT molecular complexity index is 336. The van der Waals surface area contributed by atoms with Gasteiger partial charge in [0.1, 0.15) is 0 Å². The van der Waals surface area contributed by atoms with E-state index < -0.39 is 20.0 Å². The number of fused-ring (bicyclic) bond motifs is 1. The average Bonchev–Trinajstić information content (AvgIpc) is 2.29. The lowest BCUT2D eigenvalue weighted by Crippen LogP contribution is -2.49. The Balaban J connectivity index is 2.16. The van der Waals surface area contributed by atoms with Gasteiger partial charge in [0.05, 0.1) is 12.1 Å². The highest BCUT2D eigenvalue weighted by atomic mass is 31.2. The van der Waals surface area contributed by atoms with Crippen LogP contribution in [0.5, 0.6) is 0 Å². The van der Waals surface area contributed by atoms with Gasteiger partial charge in [0.15, 0.2) is 0 Å². The highest BCUT2D eigenvalue weighted by Crippen LogP contribution is 2.48. The van der Waals surface area contributed by atoms with Crippen molar-refractivity contribution >= 4 is 20.0 Å². The van der Waals surface area contributed by atoms with Gasteiger partial charge in [0.2, 0.25) is 0 Å². The molecule has 96 valence electrons. The molecule has 1 aliphatic heterocycles. The number of hydrogen-bond donors (Lipinski definition) is 4. The van der Waals surface area contributed by atoms with Crippen LogP contribution in [0.3, 0.4) is 0 Å². The predicted octanol–water partition coefficient (Wildman–Crippen LogP) is -0.846. The van der Waals surface area contributed by atoms with Gasteiger partial charge in [-0.05, 0) is 12.8 Å². The van der Waals surface area contributed by atoms with Crippen molar-refractivity contribution < 1.29 is 28.7 Å². The van der Waals surface area contributed by atoms with E-state index in [2.05, 4.69) is 19.9 Å². The predicted molar refractivity (Wildman–Crippen MR) is 55.9 cm³/mol. The zero-order chi connectivity index (χ0) is 12.5. The number of carbonyl (C=O) groups excluding carboxylic acids is 2. The normalized spacial score (nSPS) is 33.5. The maximum Gasteiger partial charge on any atom is 0.545 e. The van der Waals surface area contributed by atoms with Crippen LogP contribution in [0.1, 0.15) is 25.7 Å². The van der Waals surface area contributed by atoms with Crippen molar-refractivity contribution in [3.05, 3.63) is 0 Å². The van der Waals surface area contributed by atoms with E-state index in [-0.39, 0.29) is 12.1 Å². The molecule has 0 aromatic rings. The third-order valence-corrected chi connectivity index (χ3v) is 3.87. The highest BCUT2D eigenvalue weighted by Gasteiger charge is 2.49. The van der Waals surface area contributed by atoms with E-state index in [0.717, 1.165) is 12.8 Å². The fraction of sp³-hybridized carbons (Fsp3) is 0.750. The van der Waals surface area contributed by atoms with Crippen molar-refractivity contribution in [2.75, 3.05) is 0 Å². The SMILES string of the molecule is O=C1ONC2CCCC[C@@H]2N[P+](O)(O)OC1=O. The molecule has 0 aromatic carbocycles.